The normalized spacial score (nSPS) is 12.4. The van der Waals surface area contributed by atoms with Gasteiger partial charge in [0.25, 0.3) is 0 Å². The van der Waals surface area contributed by atoms with Crippen molar-refractivity contribution in [3.05, 3.63) is 88.9 Å². The fourth-order valence-corrected chi connectivity index (χ4v) is 7.94. The minimum atomic E-state index is 0.0480. The molecule has 3 heterocycles. The van der Waals surface area contributed by atoms with Crippen molar-refractivity contribution in [2.24, 2.45) is 5.92 Å². The van der Waals surface area contributed by atoms with Crippen molar-refractivity contribution in [3.63, 3.8) is 0 Å². The zero-order valence-electron chi connectivity index (χ0n) is 22.5. The van der Waals surface area contributed by atoms with Crippen molar-refractivity contribution in [3.8, 4) is 21.7 Å². The van der Waals surface area contributed by atoms with E-state index in [1.54, 1.807) is 0 Å². The third kappa shape index (κ3) is 4.39. The number of aryl methyl sites for hydroxylation is 1. The predicted molar refractivity (Wildman–Crippen MR) is 165 cm³/mol. The van der Waals surface area contributed by atoms with E-state index in [2.05, 4.69) is 108 Å². The molecule has 0 aliphatic rings. The van der Waals surface area contributed by atoms with Gasteiger partial charge in [0.1, 0.15) is 0 Å². The molecule has 0 amide bonds. The summed E-state index contributed by atoms with van der Waals surface area (Å²) in [5, 5.41) is 5.27. The van der Waals surface area contributed by atoms with Gasteiger partial charge in [0.05, 0.1) is 10.4 Å². The summed E-state index contributed by atoms with van der Waals surface area (Å²) in [5.74, 6) is 0.675. The molecule has 37 heavy (non-hydrogen) atoms. The lowest BCUT2D eigenvalue weighted by Gasteiger charge is -2.22. The van der Waals surface area contributed by atoms with Crippen molar-refractivity contribution < 1.29 is 0 Å². The van der Waals surface area contributed by atoms with Gasteiger partial charge in [0.15, 0.2) is 0 Å². The fraction of sp³-hybridized carbons (Fsp3) is 0.265. The van der Waals surface area contributed by atoms with E-state index in [-0.39, 0.29) is 5.41 Å². The Labute approximate surface area is 227 Å². The first kappa shape index (κ1) is 24.3. The lowest BCUT2D eigenvalue weighted by atomic mass is 9.82. The van der Waals surface area contributed by atoms with E-state index in [1.165, 1.54) is 63.0 Å². The van der Waals surface area contributed by atoms with Gasteiger partial charge in [-0.15, -0.1) is 22.7 Å². The Bertz CT molecular complexity index is 1780. The average Bonchev–Trinajstić information content (AvgIpc) is 3.43. The maximum Gasteiger partial charge on any atom is 0.0880 e. The Morgan fingerprint density at radius 2 is 1.62 bits per heavy atom. The second-order valence-corrected chi connectivity index (χ2v) is 13.8. The van der Waals surface area contributed by atoms with Crippen molar-refractivity contribution >= 4 is 53.6 Å². The van der Waals surface area contributed by atoms with Crippen molar-refractivity contribution in [1.29, 1.82) is 0 Å². The molecule has 0 aliphatic heterocycles. The molecule has 0 saturated heterocycles. The average molecular weight is 520 g/mol. The second kappa shape index (κ2) is 9.08. The van der Waals surface area contributed by atoms with E-state index in [0.29, 0.717) is 5.92 Å². The summed E-state index contributed by atoms with van der Waals surface area (Å²) in [6.07, 6.45) is 3.12. The van der Waals surface area contributed by atoms with Crippen molar-refractivity contribution in [2.45, 2.75) is 53.4 Å². The van der Waals surface area contributed by atoms with Crippen molar-refractivity contribution in [1.82, 2.24) is 4.98 Å². The van der Waals surface area contributed by atoms with Gasteiger partial charge >= 0.3 is 0 Å². The molecule has 0 atom stereocenters. The summed E-state index contributed by atoms with van der Waals surface area (Å²) in [4.78, 5) is 7.75. The van der Waals surface area contributed by atoms with Gasteiger partial charge in [-0.25, -0.2) is 0 Å². The lowest BCUT2D eigenvalue weighted by Crippen LogP contribution is -2.12. The Morgan fingerprint density at radius 1 is 0.811 bits per heavy atom. The van der Waals surface area contributed by atoms with Gasteiger partial charge in [-0.3, -0.25) is 4.98 Å². The number of aromatic nitrogens is 1. The number of rotatable bonds is 4. The quantitative estimate of drug-likeness (QED) is 0.226. The van der Waals surface area contributed by atoms with Gasteiger partial charge in [-0.1, -0.05) is 65.0 Å². The molecule has 0 saturated carbocycles. The van der Waals surface area contributed by atoms with E-state index in [1.807, 2.05) is 28.9 Å². The number of thiophene rings is 2. The number of hydrogen-bond donors (Lipinski definition) is 0. The second-order valence-electron chi connectivity index (χ2n) is 11.6. The van der Waals surface area contributed by atoms with E-state index >= 15 is 0 Å². The minimum Gasteiger partial charge on any atom is -0.255 e. The summed E-state index contributed by atoms with van der Waals surface area (Å²) >= 11 is 3.82. The molecular weight excluding hydrogens is 487 g/mol. The summed E-state index contributed by atoms with van der Waals surface area (Å²) < 4.78 is 2.65. The Balaban J connectivity index is 1.49. The molecule has 3 aromatic heterocycles. The van der Waals surface area contributed by atoms with Crippen LogP contribution < -0.4 is 0 Å². The number of hydrogen-bond acceptors (Lipinski definition) is 3. The van der Waals surface area contributed by atoms with Crippen LogP contribution >= 0.6 is 22.7 Å². The molecule has 0 bridgehead atoms. The summed E-state index contributed by atoms with van der Waals surface area (Å²) in [5.41, 5.74) is 6.44. The van der Waals surface area contributed by atoms with Crippen LogP contribution in [-0.4, -0.2) is 4.98 Å². The van der Waals surface area contributed by atoms with Crippen LogP contribution in [0.1, 0.15) is 50.6 Å². The highest BCUT2D eigenvalue weighted by Gasteiger charge is 2.20. The topological polar surface area (TPSA) is 12.9 Å². The van der Waals surface area contributed by atoms with E-state index in [0.717, 1.165) is 12.1 Å². The van der Waals surface area contributed by atoms with Crippen LogP contribution in [0.15, 0.2) is 72.9 Å². The summed E-state index contributed by atoms with van der Waals surface area (Å²) in [6, 6.07) is 24.9. The first-order valence-corrected chi connectivity index (χ1v) is 14.8. The highest BCUT2D eigenvalue weighted by Crippen LogP contribution is 2.42. The first-order valence-electron chi connectivity index (χ1n) is 13.1. The molecule has 0 N–H and O–H groups in total. The molecule has 3 heteroatoms. The van der Waals surface area contributed by atoms with Gasteiger partial charge in [0.2, 0.25) is 0 Å². The largest absolute Gasteiger partial charge is 0.255 e. The molecule has 0 spiro atoms. The maximum atomic E-state index is 4.92. The predicted octanol–water partition coefficient (Wildman–Crippen LogP) is 10.8. The lowest BCUT2D eigenvalue weighted by molar-refractivity contribution is 0.596. The molecule has 0 aliphatic carbocycles. The van der Waals surface area contributed by atoms with Gasteiger partial charge in [-0.2, -0.15) is 0 Å². The smallest absolute Gasteiger partial charge is 0.0880 e. The van der Waals surface area contributed by atoms with Crippen molar-refractivity contribution in [2.75, 3.05) is 0 Å². The Kier molecular flexibility index (Phi) is 5.97. The van der Waals surface area contributed by atoms with Crippen LogP contribution in [0.5, 0.6) is 0 Å². The Morgan fingerprint density at radius 3 is 2.41 bits per heavy atom. The zero-order chi connectivity index (χ0) is 25.9. The summed E-state index contributed by atoms with van der Waals surface area (Å²) in [6.45, 7) is 13.8. The van der Waals surface area contributed by atoms with Crippen LogP contribution in [0, 0.1) is 12.8 Å². The number of pyridine rings is 1. The molecule has 1 nitrogen and oxygen atoms in total. The van der Waals surface area contributed by atoms with E-state index in [4.69, 9.17) is 4.98 Å². The van der Waals surface area contributed by atoms with Crippen LogP contribution in [0.2, 0.25) is 0 Å². The number of benzene rings is 3. The van der Waals surface area contributed by atoms with Gasteiger partial charge < -0.3 is 0 Å². The minimum absolute atomic E-state index is 0.0480. The SMILES string of the molecule is Cc1c(CC(C)C)sc2ccc(-c3cc4ccnc(-c5cc(C(C)(C)C)c6ccccc6c5)c4s3)cc12. The third-order valence-corrected chi connectivity index (χ3v) is 9.79. The molecule has 6 aromatic rings. The molecule has 0 unspecified atom stereocenters. The fourth-order valence-electron chi connectivity index (χ4n) is 5.37. The molecule has 0 radical (unpaired) electrons. The highest BCUT2D eigenvalue weighted by atomic mass is 32.1. The molecule has 3 aromatic carbocycles. The molecular formula is C34H33NS2. The molecule has 6 rings (SSSR count). The van der Waals surface area contributed by atoms with Crippen LogP contribution in [-0.2, 0) is 11.8 Å². The first-order chi connectivity index (χ1) is 17.7. The van der Waals surface area contributed by atoms with Gasteiger partial charge in [-0.05, 0) is 99.3 Å². The summed E-state index contributed by atoms with van der Waals surface area (Å²) in [7, 11) is 0. The standard InChI is InChI=1S/C34H33NS2/c1-20(2)15-30-21(3)27-17-23(11-12-29(27)36-30)31-19-24-13-14-35-32(33(24)37-31)25-16-22-9-7-8-10-26(22)28(18-25)34(4,5)6/h7-14,16-20H,15H2,1-6H3. The maximum absolute atomic E-state index is 4.92. The number of nitrogens with zero attached hydrogens (tertiary/aromatic N) is 1. The third-order valence-electron chi connectivity index (χ3n) is 7.29. The van der Waals surface area contributed by atoms with Crippen LogP contribution in [0.3, 0.4) is 0 Å². The van der Waals surface area contributed by atoms with Crippen LogP contribution in [0.25, 0.3) is 52.6 Å². The Hall–Kier alpha value is -3.01. The molecule has 0 fully saturated rings. The monoisotopic (exact) mass is 519 g/mol. The highest BCUT2D eigenvalue weighted by molar-refractivity contribution is 7.22. The zero-order valence-corrected chi connectivity index (χ0v) is 24.1. The van der Waals surface area contributed by atoms with Crippen LogP contribution in [0.4, 0.5) is 0 Å². The van der Waals surface area contributed by atoms with E-state index in [9.17, 15) is 0 Å². The molecule has 186 valence electrons. The number of fused-ring (bicyclic) bond motifs is 3. The van der Waals surface area contributed by atoms with E-state index < -0.39 is 0 Å². The van der Waals surface area contributed by atoms with Gasteiger partial charge in [0, 0.05) is 26.2 Å².